The summed E-state index contributed by atoms with van der Waals surface area (Å²) in [5.41, 5.74) is 3.14. The number of hydrogen-bond donors (Lipinski definition) is 2. The molecule has 0 aliphatic carbocycles. The number of allylic oxidation sites excluding steroid dienone is 4. The summed E-state index contributed by atoms with van der Waals surface area (Å²) in [4.78, 5) is 11.9. The molecule has 1 aromatic rings. The van der Waals surface area contributed by atoms with Crippen LogP contribution in [0.5, 0.6) is 0 Å². The molecule has 0 atom stereocenters. The third-order valence-corrected chi connectivity index (χ3v) is 3.37. The molecule has 0 saturated carbocycles. The van der Waals surface area contributed by atoms with Gasteiger partial charge in [0.15, 0.2) is 0 Å². The number of rotatable bonds is 6. The van der Waals surface area contributed by atoms with Crippen molar-refractivity contribution in [3.63, 3.8) is 0 Å². The maximum absolute atomic E-state index is 11.1. The largest absolute Gasteiger partial charge is 0.478 e. The first-order chi connectivity index (χ1) is 11.8. The Morgan fingerprint density at radius 3 is 2.24 bits per heavy atom. The smallest absolute Gasteiger partial charge is 0.335 e. The van der Waals surface area contributed by atoms with Gasteiger partial charge >= 0.3 is 5.97 Å². The SMILES string of the molecule is C=C/C(=C\C=C(C)C)NSc1ccc(C)c(C(=O)O)c1.CC.CCC. The number of benzene rings is 1. The molecule has 0 bridgehead atoms. The van der Waals surface area contributed by atoms with Crippen LogP contribution in [-0.2, 0) is 0 Å². The van der Waals surface area contributed by atoms with Gasteiger partial charge in [-0.15, -0.1) is 0 Å². The Balaban J connectivity index is 0. The van der Waals surface area contributed by atoms with Crippen LogP contribution < -0.4 is 4.72 Å². The molecule has 0 radical (unpaired) electrons. The predicted octanol–water partition coefficient (Wildman–Crippen LogP) is 6.77. The van der Waals surface area contributed by atoms with Crippen LogP contribution in [0.15, 0.2) is 59.2 Å². The molecule has 0 heterocycles. The van der Waals surface area contributed by atoms with Crippen molar-refractivity contribution in [3.05, 3.63) is 65.4 Å². The minimum Gasteiger partial charge on any atom is -0.478 e. The summed E-state index contributed by atoms with van der Waals surface area (Å²) in [6.07, 6.45) is 6.89. The number of carboxylic acid groups (broad SMARTS) is 1. The fraction of sp³-hybridized carbons (Fsp3) is 0.381. The topological polar surface area (TPSA) is 49.3 Å². The molecule has 140 valence electrons. The van der Waals surface area contributed by atoms with E-state index >= 15 is 0 Å². The highest BCUT2D eigenvalue weighted by Crippen LogP contribution is 2.20. The van der Waals surface area contributed by atoms with E-state index < -0.39 is 5.97 Å². The highest BCUT2D eigenvalue weighted by molar-refractivity contribution is 7.97. The normalized spacial score (nSPS) is 9.64. The first kappa shape index (κ1) is 25.3. The number of hydrogen-bond acceptors (Lipinski definition) is 3. The van der Waals surface area contributed by atoms with E-state index in [0.717, 1.165) is 16.2 Å². The fourth-order valence-corrected chi connectivity index (χ4v) is 2.11. The minimum absolute atomic E-state index is 0.324. The Kier molecular flexibility index (Phi) is 15.8. The van der Waals surface area contributed by atoms with Crippen molar-refractivity contribution >= 4 is 17.9 Å². The van der Waals surface area contributed by atoms with E-state index in [4.69, 9.17) is 5.11 Å². The monoisotopic (exact) mass is 363 g/mol. The van der Waals surface area contributed by atoms with Crippen LogP contribution in [0.2, 0.25) is 0 Å². The molecule has 4 heteroatoms. The number of aryl methyl sites for hydroxylation is 1. The van der Waals surface area contributed by atoms with Crippen molar-refractivity contribution in [1.82, 2.24) is 4.72 Å². The van der Waals surface area contributed by atoms with Gasteiger partial charge in [0.05, 0.1) is 5.56 Å². The zero-order valence-corrected chi connectivity index (χ0v) is 17.5. The zero-order chi connectivity index (χ0) is 19.8. The van der Waals surface area contributed by atoms with E-state index in [1.165, 1.54) is 23.9 Å². The van der Waals surface area contributed by atoms with E-state index in [-0.39, 0.29) is 0 Å². The summed E-state index contributed by atoms with van der Waals surface area (Å²) in [6.45, 7) is 17.8. The van der Waals surface area contributed by atoms with Crippen LogP contribution in [0.4, 0.5) is 0 Å². The zero-order valence-electron chi connectivity index (χ0n) is 16.6. The van der Waals surface area contributed by atoms with E-state index in [2.05, 4.69) is 25.1 Å². The van der Waals surface area contributed by atoms with Crippen molar-refractivity contribution in [2.24, 2.45) is 0 Å². The summed E-state index contributed by atoms with van der Waals surface area (Å²) < 4.78 is 3.15. The van der Waals surface area contributed by atoms with Crippen LogP contribution in [0.25, 0.3) is 0 Å². The van der Waals surface area contributed by atoms with Gasteiger partial charge in [-0.3, -0.25) is 0 Å². The van der Waals surface area contributed by atoms with Gasteiger partial charge in [0.1, 0.15) is 0 Å². The van der Waals surface area contributed by atoms with Gasteiger partial charge in [0, 0.05) is 10.6 Å². The third-order valence-electron chi connectivity index (χ3n) is 2.54. The van der Waals surface area contributed by atoms with Crippen LogP contribution >= 0.6 is 11.9 Å². The van der Waals surface area contributed by atoms with Gasteiger partial charge in [-0.2, -0.15) is 0 Å². The molecule has 1 aromatic carbocycles. The Bertz CT molecular complexity index is 586. The second kappa shape index (κ2) is 15.6. The van der Waals surface area contributed by atoms with Crippen molar-refractivity contribution in [2.75, 3.05) is 0 Å². The summed E-state index contributed by atoms with van der Waals surface area (Å²) in [6, 6.07) is 5.36. The van der Waals surface area contributed by atoms with Crippen molar-refractivity contribution < 1.29 is 9.90 Å². The van der Waals surface area contributed by atoms with Crippen LogP contribution in [-0.4, -0.2) is 11.1 Å². The lowest BCUT2D eigenvalue weighted by Crippen LogP contribution is -2.03. The van der Waals surface area contributed by atoms with Crippen molar-refractivity contribution in [1.29, 1.82) is 0 Å². The molecule has 0 unspecified atom stereocenters. The molecule has 3 nitrogen and oxygen atoms in total. The highest BCUT2D eigenvalue weighted by atomic mass is 32.2. The molecule has 2 N–H and O–H groups in total. The maximum Gasteiger partial charge on any atom is 0.335 e. The summed E-state index contributed by atoms with van der Waals surface area (Å²) >= 11 is 1.36. The molecule has 25 heavy (non-hydrogen) atoms. The molecule has 0 amide bonds. The van der Waals surface area contributed by atoms with E-state index in [9.17, 15) is 4.79 Å². The van der Waals surface area contributed by atoms with Crippen LogP contribution in [0.1, 0.15) is 63.9 Å². The van der Waals surface area contributed by atoms with Crippen molar-refractivity contribution in [2.45, 2.75) is 59.8 Å². The maximum atomic E-state index is 11.1. The molecule has 1 rings (SSSR count). The number of nitrogens with one attached hydrogen (secondary N) is 1. The first-order valence-electron chi connectivity index (χ1n) is 8.60. The molecule has 0 saturated heterocycles. The lowest BCUT2D eigenvalue weighted by molar-refractivity contribution is 0.0696. The lowest BCUT2D eigenvalue weighted by Gasteiger charge is -2.08. The van der Waals surface area contributed by atoms with E-state index in [0.29, 0.717) is 5.56 Å². The number of carboxylic acids is 1. The fourth-order valence-electron chi connectivity index (χ4n) is 1.41. The van der Waals surface area contributed by atoms with E-state index in [1.54, 1.807) is 25.1 Å². The molecule has 0 aliphatic rings. The molecule has 0 fully saturated rings. The second-order valence-electron chi connectivity index (χ2n) is 5.26. The predicted molar refractivity (Wildman–Crippen MR) is 112 cm³/mol. The van der Waals surface area contributed by atoms with Gasteiger partial charge in [-0.1, -0.05) is 58.4 Å². The molecular weight excluding hydrogens is 330 g/mol. The minimum atomic E-state index is -0.908. The van der Waals surface area contributed by atoms with Crippen LogP contribution in [0.3, 0.4) is 0 Å². The van der Waals surface area contributed by atoms with Gasteiger partial charge < -0.3 is 9.83 Å². The molecular formula is C21H33NO2S. The molecule has 0 aliphatic heterocycles. The average molecular weight is 364 g/mol. The number of aromatic carboxylic acids is 1. The summed E-state index contributed by atoms with van der Waals surface area (Å²) in [7, 11) is 0. The standard InChI is InChI=1S/C16H19NO2S.C3H8.C2H6/c1-5-13(8-6-11(2)3)17-20-14-9-7-12(4)15(10-14)16(18)19;1-3-2;1-2/h5-10,17H,1H2,2-4H3,(H,18,19);3H2,1-2H3;1-2H3/b13-8+;;. The Labute approximate surface area is 158 Å². The van der Waals surface area contributed by atoms with Crippen molar-refractivity contribution in [3.8, 4) is 0 Å². The van der Waals surface area contributed by atoms with Crippen LogP contribution in [0, 0.1) is 6.92 Å². The Hall–Kier alpha value is -1.94. The number of carbonyl (C=O) groups is 1. The second-order valence-corrected chi connectivity index (χ2v) is 6.14. The van der Waals surface area contributed by atoms with Gasteiger partial charge in [-0.05, 0) is 62.6 Å². The Morgan fingerprint density at radius 2 is 1.80 bits per heavy atom. The summed E-state index contributed by atoms with van der Waals surface area (Å²) in [5.74, 6) is -0.908. The lowest BCUT2D eigenvalue weighted by atomic mass is 10.1. The highest BCUT2D eigenvalue weighted by Gasteiger charge is 2.08. The first-order valence-corrected chi connectivity index (χ1v) is 9.41. The van der Waals surface area contributed by atoms with E-state index in [1.807, 2.05) is 45.9 Å². The summed E-state index contributed by atoms with van der Waals surface area (Å²) in [5, 5.41) is 9.09. The third kappa shape index (κ3) is 12.1. The molecule has 0 spiro atoms. The average Bonchev–Trinajstić information content (AvgIpc) is 2.58. The van der Waals surface area contributed by atoms with Gasteiger partial charge in [0.2, 0.25) is 0 Å². The Morgan fingerprint density at radius 1 is 1.24 bits per heavy atom. The molecule has 0 aromatic heterocycles. The van der Waals surface area contributed by atoms with Gasteiger partial charge in [0.25, 0.3) is 0 Å². The quantitative estimate of drug-likeness (QED) is 0.432. The van der Waals surface area contributed by atoms with Gasteiger partial charge in [-0.25, -0.2) is 4.79 Å².